The standard InChI is InChI=1S/C13H26N4OS/c1-4-6-17-12(10-14)15-16-13(17)19-9-8-18-7-5-11(2)3/h11H,4-10,14H2,1-3H3. The smallest absolute Gasteiger partial charge is 0.191 e. The molecule has 0 aromatic carbocycles. The van der Waals surface area contributed by atoms with Gasteiger partial charge in [0.15, 0.2) is 5.16 Å². The van der Waals surface area contributed by atoms with Crippen LogP contribution in [0.4, 0.5) is 0 Å². The summed E-state index contributed by atoms with van der Waals surface area (Å²) in [5.41, 5.74) is 5.66. The van der Waals surface area contributed by atoms with Gasteiger partial charge in [-0.25, -0.2) is 0 Å². The van der Waals surface area contributed by atoms with Crippen LogP contribution in [0.25, 0.3) is 0 Å². The summed E-state index contributed by atoms with van der Waals surface area (Å²) in [7, 11) is 0. The predicted octanol–water partition coefficient (Wildman–Crippen LogP) is 2.30. The Kier molecular flexibility index (Phi) is 8.09. The van der Waals surface area contributed by atoms with Gasteiger partial charge in [-0.3, -0.25) is 0 Å². The van der Waals surface area contributed by atoms with Crippen LogP contribution in [-0.2, 0) is 17.8 Å². The van der Waals surface area contributed by atoms with Crippen molar-refractivity contribution < 1.29 is 4.74 Å². The zero-order valence-electron chi connectivity index (χ0n) is 12.3. The summed E-state index contributed by atoms with van der Waals surface area (Å²) in [5, 5.41) is 9.26. The van der Waals surface area contributed by atoms with Crippen molar-refractivity contribution in [3.63, 3.8) is 0 Å². The molecule has 0 amide bonds. The molecular weight excluding hydrogens is 260 g/mol. The molecule has 0 radical (unpaired) electrons. The molecule has 0 aliphatic carbocycles. The molecule has 0 unspecified atom stereocenters. The lowest BCUT2D eigenvalue weighted by molar-refractivity contribution is 0.138. The molecule has 0 aliphatic rings. The highest BCUT2D eigenvalue weighted by atomic mass is 32.2. The van der Waals surface area contributed by atoms with E-state index in [9.17, 15) is 0 Å². The second kappa shape index (κ2) is 9.34. The molecule has 6 heteroatoms. The van der Waals surface area contributed by atoms with E-state index in [1.165, 1.54) is 0 Å². The van der Waals surface area contributed by atoms with Crippen molar-refractivity contribution in [1.29, 1.82) is 0 Å². The van der Waals surface area contributed by atoms with Gasteiger partial charge < -0.3 is 15.0 Å². The first-order valence-electron chi connectivity index (χ1n) is 7.01. The Morgan fingerprint density at radius 2 is 2.11 bits per heavy atom. The van der Waals surface area contributed by atoms with Crippen LogP contribution in [0.1, 0.15) is 39.4 Å². The summed E-state index contributed by atoms with van der Waals surface area (Å²) in [6, 6.07) is 0. The van der Waals surface area contributed by atoms with Crippen molar-refractivity contribution in [1.82, 2.24) is 14.8 Å². The number of rotatable bonds is 10. The Morgan fingerprint density at radius 3 is 2.74 bits per heavy atom. The van der Waals surface area contributed by atoms with Crippen molar-refractivity contribution in [3.05, 3.63) is 5.82 Å². The summed E-state index contributed by atoms with van der Waals surface area (Å²) in [5.74, 6) is 2.47. The van der Waals surface area contributed by atoms with Gasteiger partial charge in [-0.2, -0.15) is 0 Å². The molecule has 19 heavy (non-hydrogen) atoms. The predicted molar refractivity (Wildman–Crippen MR) is 79.2 cm³/mol. The first-order valence-corrected chi connectivity index (χ1v) is 8.00. The van der Waals surface area contributed by atoms with Crippen molar-refractivity contribution in [2.75, 3.05) is 19.0 Å². The van der Waals surface area contributed by atoms with Gasteiger partial charge in [0, 0.05) is 18.9 Å². The summed E-state index contributed by atoms with van der Waals surface area (Å²) in [4.78, 5) is 0. The van der Waals surface area contributed by atoms with E-state index in [1.54, 1.807) is 11.8 Å². The number of hydrogen-bond acceptors (Lipinski definition) is 5. The van der Waals surface area contributed by atoms with Crippen LogP contribution < -0.4 is 5.73 Å². The molecule has 110 valence electrons. The molecule has 1 rings (SSSR count). The SMILES string of the molecule is CCCn1c(CN)nnc1SCCOCCC(C)C. The van der Waals surface area contributed by atoms with Gasteiger partial charge in [0.05, 0.1) is 13.2 Å². The third-order valence-electron chi connectivity index (χ3n) is 2.72. The number of hydrogen-bond donors (Lipinski definition) is 1. The monoisotopic (exact) mass is 286 g/mol. The van der Waals surface area contributed by atoms with Gasteiger partial charge in [-0.05, 0) is 18.8 Å². The number of nitrogens with two attached hydrogens (primary N) is 1. The molecule has 0 fully saturated rings. The Hall–Kier alpha value is -0.590. The van der Waals surface area contributed by atoms with Gasteiger partial charge in [0.2, 0.25) is 0 Å². The lowest BCUT2D eigenvalue weighted by atomic mass is 10.1. The third-order valence-corrected chi connectivity index (χ3v) is 3.65. The van der Waals surface area contributed by atoms with Crippen LogP contribution in [-0.4, -0.2) is 33.7 Å². The summed E-state index contributed by atoms with van der Waals surface area (Å²) in [6.07, 6.45) is 2.18. The molecule has 1 aromatic rings. The van der Waals surface area contributed by atoms with Crippen LogP contribution in [0, 0.1) is 5.92 Å². The minimum Gasteiger partial charge on any atom is -0.381 e. The van der Waals surface area contributed by atoms with Crippen LogP contribution in [0.2, 0.25) is 0 Å². The number of aromatic nitrogens is 3. The van der Waals surface area contributed by atoms with E-state index < -0.39 is 0 Å². The second-order valence-corrected chi connectivity index (χ2v) is 5.96. The minimum atomic E-state index is 0.443. The molecule has 0 saturated heterocycles. The van der Waals surface area contributed by atoms with E-state index in [2.05, 4.69) is 35.5 Å². The van der Waals surface area contributed by atoms with Crippen LogP contribution in [0.15, 0.2) is 5.16 Å². The van der Waals surface area contributed by atoms with Gasteiger partial charge in [0.25, 0.3) is 0 Å². The Morgan fingerprint density at radius 1 is 1.32 bits per heavy atom. The second-order valence-electron chi connectivity index (χ2n) is 4.90. The van der Waals surface area contributed by atoms with E-state index in [0.717, 1.165) is 49.3 Å². The van der Waals surface area contributed by atoms with E-state index in [-0.39, 0.29) is 0 Å². The van der Waals surface area contributed by atoms with E-state index >= 15 is 0 Å². The lowest BCUT2D eigenvalue weighted by Crippen LogP contribution is -2.09. The summed E-state index contributed by atoms with van der Waals surface area (Å²) < 4.78 is 7.71. The maximum atomic E-state index is 5.66. The average molecular weight is 286 g/mol. The first kappa shape index (κ1) is 16.5. The minimum absolute atomic E-state index is 0.443. The van der Waals surface area contributed by atoms with Crippen LogP contribution in [0.5, 0.6) is 0 Å². The van der Waals surface area contributed by atoms with Crippen molar-refractivity contribution in [2.24, 2.45) is 11.7 Å². The number of thioether (sulfide) groups is 1. The normalized spacial score (nSPS) is 11.4. The fourth-order valence-corrected chi connectivity index (χ4v) is 2.47. The highest BCUT2D eigenvalue weighted by molar-refractivity contribution is 7.99. The lowest BCUT2D eigenvalue weighted by Gasteiger charge is -2.08. The van der Waals surface area contributed by atoms with Gasteiger partial charge in [-0.15, -0.1) is 10.2 Å². The zero-order valence-corrected chi connectivity index (χ0v) is 13.1. The van der Waals surface area contributed by atoms with Crippen molar-refractivity contribution in [2.45, 2.75) is 51.9 Å². The zero-order chi connectivity index (χ0) is 14.1. The van der Waals surface area contributed by atoms with Crippen LogP contribution in [0.3, 0.4) is 0 Å². The largest absolute Gasteiger partial charge is 0.381 e. The quantitative estimate of drug-likeness (QED) is 0.528. The highest BCUT2D eigenvalue weighted by Crippen LogP contribution is 2.17. The Balaban J connectivity index is 2.30. The van der Waals surface area contributed by atoms with E-state index in [4.69, 9.17) is 10.5 Å². The molecule has 5 nitrogen and oxygen atoms in total. The van der Waals surface area contributed by atoms with Crippen molar-refractivity contribution >= 4 is 11.8 Å². The highest BCUT2D eigenvalue weighted by Gasteiger charge is 2.10. The molecule has 0 spiro atoms. The third kappa shape index (κ3) is 5.93. The fourth-order valence-electron chi connectivity index (χ4n) is 1.64. The Bertz CT molecular complexity index is 354. The topological polar surface area (TPSA) is 66.0 Å². The molecule has 0 bridgehead atoms. The molecule has 0 saturated carbocycles. The summed E-state index contributed by atoms with van der Waals surface area (Å²) in [6.45, 7) is 9.53. The maximum Gasteiger partial charge on any atom is 0.191 e. The first-order chi connectivity index (χ1) is 9.19. The van der Waals surface area contributed by atoms with Gasteiger partial charge >= 0.3 is 0 Å². The molecule has 0 aliphatic heterocycles. The number of ether oxygens (including phenoxy) is 1. The maximum absolute atomic E-state index is 5.66. The fraction of sp³-hybridized carbons (Fsp3) is 0.846. The average Bonchev–Trinajstić information content (AvgIpc) is 2.76. The molecule has 0 atom stereocenters. The molecular formula is C13H26N4OS. The van der Waals surface area contributed by atoms with E-state index in [0.29, 0.717) is 12.5 Å². The molecule has 1 heterocycles. The number of nitrogens with zero attached hydrogens (tertiary/aromatic N) is 3. The van der Waals surface area contributed by atoms with Gasteiger partial charge in [0.1, 0.15) is 5.82 Å². The van der Waals surface area contributed by atoms with Gasteiger partial charge in [-0.1, -0.05) is 32.5 Å². The molecule has 2 N–H and O–H groups in total. The van der Waals surface area contributed by atoms with Crippen LogP contribution >= 0.6 is 11.8 Å². The Labute approximate surface area is 120 Å². The molecule has 1 aromatic heterocycles. The summed E-state index contributed by atoms with van der Waals surface area (Å²) >= 11 is 1.69. The van der Waals surface area contributed by atoms with Crippen molar-refractivity contribution in [3.8, 4) is 0 Å². The van der Waals surface area contributed by atoms with E-state index in [1.807, 2.05) is 0 Å².